The van der Waals surface area contributed by atoms with E-state index in [1.807, 2.05) is 6.92 Å². The van der Waals surface area contributed by atoms with Gasteiger partial charge in [-0.05, 0) is 25.7 Å². The van der Waals surface area contributed by atoms with Gasteiger partial charge in [-0.25, -0.2) is 9.97 Å². The molecule has 2 heterocycles. The van der Waals surface area contributed by atoms with Crippen molar-refractivity contribution >= 4 is 17.4 Å². The zero-order valence-corrected chi connectivity index (χ0v) is 14.5. The summed E-state index contributed by atoms with van der Waals surface area (Å²) in [7, 11) is 1.77. The number of hydrogen-bond acceptors (Lipinski definition) is 4. The second-order valence-corrected chi connectivity index (χ2v) is 7.28. The SMILES string of the molecule is COCC1CCN(c2nc(C(C)(C)C)nc(Cl)c2C)CC1. The number of rotatable bonds is 3. The average molecular weight is 312 g/mol. The highest BCUT2D eigenvalue weighted by atomic mass is 35.5. The highest BCUT2D eigenvalue weighted by molar-refractivity contribution is 6.30. The molecule has 0 aliphatic carbocycles. The van der Waals surface area contributed by atoms with Gasteiger partial charge in [0.15, 0.2) is 0 Å². The first-order valence-corrected chi connectivity index (χ1v) is 7.99. The topological polar surface area (TPSA) is 38.2 Å². The van der Waals surface area contributed by atoms with E-state index in [0.29, 0.717) is 11.1 Å². The molecule has 0 atom stereocenters. The van der Waals surface area contributed by atoms with Gasteiger partial charge in [-0.3, -0.25) is 0 Å². The summed E-state index contributed by atoms with van der Waals surface area (Å²) in [5.41, 5.74) is 0.885. The third-order valence-corrected chi connectivity index (χ3v) is 4.42. The van der Waals surface area contributed by atoms with Crippen LogP contribution >= 0.6 is 11.6 Å². The lowest BCUT2D eigenvalue weighted by Gasteiger charge is -2.34. The third-order valence-electron chi connectivity index (χ3n) is 4.05. The Hall–Kier alpha value is -0.870. The van der Waals surface area contributed by atoms with Crippen molar-refractivity contribution in [3.63, 3.8) is 0 Å². The number of ether oxygens (including phenoxy) is 1. The van der Waals surface area contributed by atoms with E-state index in [0.717, 1.165) is 49.7 Å². The van der Waals surface area contributed by atoms with E-state index >= 15 is 0 Å². The van der Waals surface area contributed by atoms with Crippen LogP contribution in [0.25, 0.3) is 0 Å². The molecule has 0 unspecified atom stereocenters. The summed E-state index contributed by atoms with van der Waals surface area (Å²) >= 11 is 6.32. The second kappa shape index (κ2) is 6.49. The summed E-state index contributed by atoms with van der Waals surface area (Å²) in [6.07, 6.45) is 2.28. The maximum Gasteiger partial charge on any atom is 0.137 e. The molecule has 1 fully saturated rings. The van der Waals surface area contributed by atoms with Gasteiger partial charge in [-0.1, -0.05) is 32.4 Å². The third kappa shape index (κ3) is 3.86. The standard InChI is InChI=1S/C16H26ClN3O/c1-11-13(17)18-15(16(2,3)4)19-14(11)20-8-6-12(7-9-20)10-21-5/h12H,6-10H2,1-5H3. The fraction of sp³-hybridized carbons (Fsp3) is 0.750. The van der Waals surface area contributed by atoms with Gasteiger partial charge in [0, 0.05) is 37.8 Å². The van der Waals surface area contributed by atoms with Gasteiger partial charge in [0.25, 0.3) is 0 Å². The van der Waals surface area contributed by atoms with Gasteiger partial charge in [0.2, 0.25) is 0 Å². The Morgan fingerprint density at radius 3 is 2.38 bits per heavy atom. The Labute approximate surface area is 132 Å². The Bertz CT molecular complexity index is 491. The molecule has 5 heteroatoms. The number of halogens is 1. The number of piperidine rings is 1. The van der Waals surface area contributed by atoms with Crippen LogP contribution in [0.3, 0.4) is 0 Å². The molecule has 118 valence electrons. The Kier molecular flexibility index (Phi) is 5.10. The fourth-order valence-electron chi connectivity index (χ4n) is 2.67. The Balaban J connectivity index is 2.22. The number of hydrogen-bond donors (Lipinski definition) is 0. The van der Waals surface area contributed by atoms with E-state index in [1.54, 1.807) is 7.11 Å². The van der Waals surface area contributed by atoms with Crippen LogP contribution in [-0.4, -0.2) is 36.8 Å². The lowest BCUT2D eigenvalue weighted by Crippen LogP contribution is -2.36. The molecule has 0 bridgehead atoms. The first-order valence-electron chi connectivity index (χ1n) is 7.61. The maximum absolute atomic E-state index is 6.32. The molecule has 4 nitrogen and oxygen atoms in total. The molecule has 0 saturated carbocycles. The van der Waals surface area contributed by atoms with E-state index in [2.05, 4.69) is 30.7 Å². The number of aromatic nitrogens is 2. The molecule has 1 aliphatic rings. The van der Waals surface area contributed by atoms with Crippen LogP contribution in [0, 0.1) is 12.8 Å². The van der Waals surface area contributed by atoms with E-state index in [4.69, 9.17) is 21.3 Å². The van der Waals surface area contributed by atoms with Gasteiger partial charge in [0.1, 0.15) is 16.8 Å². The van der Waals surface area contributed by atoms with Crippen molar-refractivity contribution in [2.45, 2.75) is 46.0 Å². The number of nitrogens with zero attached hydrogens (tertiary/aromatic N) is 3. The zero-order valence-electron chi connectivity index (χ0n) is 13.7. The first-order chi connectivity index (χ1) is 9.82. The molecule has 0 radical (unpaired) electrons. The van der Waals surface area contributed by atoms with Crippen LogP contribution in [0.2, 0.25) is 5.15 Å². The monoisotopic (exact) mass is 311 g/mol. The second-order valence-electron chi connectivity index (χ2n) is 6.92. The molecule has 1 saturated heterocycles. The zero-order chi connectivity index (χ0) is 15.6. The van der Waals surface area contributed by atoms with Gasteiger partial charge in [0.05, 0.1) is 0 Å². The predicted molar refractivity (Wildman–Crippen MR) is 87.3 cm³/mol. The minimum Gasteiger partial charge on any atom is -0.384 e. The summed E-state index contributed by atoms with van der Waals surface area (Å²) in [6, 6.07) is 0. The van der Waals surface area contributed by atoms with Crippen LogP contribution in [0.5, 0.6) is 0 Å². The normalized spacial score (nSPS) is 17.3. The van der Waals surface area contributed by atoms with Gasteiger partial charge in [-0.2, -0.15) is 0 Å². The molecule has 0 spiro atoms. The van der Waals surface area contributed by atoms with Gasteiger partial charge in [-0.15, -0.1) is 0 Å². The largest absolute Gasteiger partial charge is 0.384 e. The molecule has 1 aromatic heterocycles. The molecule has 21 heavy (non-hydrogen) atoms. The quantitative estimate of drug-likeness (QED) is 0.799. The van der Waals surface area contributed by atoms with Crippen molar-refractivity contribution in [3.05, 3.63) is 16.5 Å². The molecular weight excluding hydrogens is 286 g/mol. The maximum atomic E-state index is 6.32. The highest BCUT2D eigenvalue weighted by Crippen LogP contribution is 2.30. The van der Waals surface area contributed by atoms with E-state index in [-0.39, 0.29) is 5.41 Å². The van der Waals surface area contributed by atoms with E-state index in [1.165, 1.54) is 0 Å². The molecule has 0 N–H and O–H groups in total. The summed E-state index contributed by atoms with van der Waals surface area (Å²) in [5, 5.41) is 0.573. The summed E-state index contributed by atoms with van der Waals surface area (Å²) < 4.78 is 5.26. The van der Waals surface area contributed by atoms with Crippen LogP contribution in [0.15, 0.2) is 0 Å². The lowest BCUT2D eigenvalue weighted by atomic mass is 9.95. The highest BCUT2D eigenvalue weighted by Gasteiger charge is 2.25. The van der Waals surface area contributed by atoms with Crippen molar-refractivity contribution in [2.75, 3.05) is 31.7 Å². The Morgan fingerprint density at radius 2 is 1.86 bits per heavy atom. The van der Waals surface area contributed by atoms with E-state index < -0.39 is 0 Å². The predicted octanol–water partition coefficient (Wildman–Crippen LogP) is 3.60. The van der Waals surface area contributed by atoms with Crippen molar-refractivity contribution in [2.24, 2.45) is 5.92 Å². The van der Waals surface area contributed by atoms with Crippen molar-refractivity contribution < 1.29 is 4.74 Å². The van der Waals surface area contributed by atoms with Crippen molar-refractivity contribution in [3.8, 4) is 0 Å². The first kappa shape index (κ1) is 16.5. The minimum absolute atomic E-state index is 0.0968. The number of methoxy groups -OCH3 is 1. The average Bonchev–Trinajstić information content (AvgIpc) is 2.42. The lowest BCUT2D eigenvalue weighted by molar-refractivity contribution is 0.139. The number of anilines is 1. The summed E-state index contributed by atoms with van der Waals surface area (Å²) in [6.45, 7) is 11.2. The van der Waals surface area contributed by atoms with E-state index in [9.17, 15) is 0 Å². The molecule has 1 aliphatic heterocycles. The van der Waals surface area contributed by atoms with Crippen LogP contribution in [-0.2, 0) is 10.2 Å². The van der Waals surface area contributed by atoms with Crippen LogP contribution < -0.4 is 4.90 Å². The van der Waals surface area contributed by atoms with Crippen LogP contribution in [0.4, 0.5) is 5.82 Å². The minimum atomic E-state index is -0.0968. The molecule has 1 aromatic rings. The molecule has 0 amide bonds. The molecule has 2 rings (SSSR count). The van der Waals surface area contributed by atoms with Crippen molar-refractivity contribution in [1.29, 1.82) is 0 Å². The summed E-state index contributed by atoms with van der Waals surface area (Å²) in [5.74, 6) is 2.47. The van der Waals surface area contributed by atoms with Crippen molar-refractivity contribution in [1.82, 2.24) is 9.97 Å². The molecular formula is C16H26ClN3O. The smallest absolute Gasteiger partial charge is 0.137 e. The van der Waals surface area contributed by atoms with Gasteiger partial charge >= 0.3 is 0 Å². The molecule has 0 aromatic carbocycles. The Morgan fingerprint density at radius 1 is 1.24 bits per heavy atom. The fourth-order valence-corrected chi connectivity index (χ4v) is 2.83. The van der Waals surface area contributed by atoms with Gasteiger partial charge < -0.3 is 9.64 Å². The van der Waals surface area contributed by atoms with Crippen LogP contribution in [0.1, 0.15) is 45.0 Å². The summed E-state index contributed by atoms with van der Waals surface area (Å²) in [4.78, 5) is 11.6.